The van der Waals surface area contributed by atoms with E-state index in [2.05, 4.69) is 20.4 Å². The van der Waals surface area contributed by atoms with E-state index in [0.717, 1.165) is 11.0 Å². The van der Waals surface area contributed by atoms with Crippen LogP contribution in [-0.4, -0.2) is 39.9 Å². The average molecular weight is 286 g/mol. The van der Waals surface area contributed by atoms with Crippen molar-refractivity contribution in [3.63, 3.8) is 0 Å². The number of H-pyrrole nitrogens is 1. The molecule has 108 valence electrons. The van der Waals surface area contributed by atoms with Crippen LogP contribution in [0.4, 0.5) is 11.6 Å². The fourth-order valence-electron chi connectivity index (χ4n) is 2.11. The second-order valence-electron chi connectivity index (χ2n) is 4.34. The maximum absolute atomic E-state index is 11.8. The zero-order valence-electron chi connectivity index (χ0n) is 11.5. The lowest BCUT2D eigenvalue weighted by molar-refractivity contribution is 0.0603. The van der Waals surface area contributed by atoms with Gasteiger partial charge in [-0.3, -0.25) is 0 Å². The van der Waals surface area contributed by atoms with Crippen molar-refractivity contribution in [3.8, 4) is 5.95 Å². The number of imidazole rings is 1. The Morgan fingerprint density at radius 2 is 2.19 bits per heavy atom. The molecule has 0 amide bonds. The number of aromatic amines is 1. The fourth-order valence-corrected chi connectivity index (χ4v) is 2.11. The molecule has 0 aliphatic carbocycles. The molecule has 8 heteroatoms. The molecule has 0 aliphatic rings. The average Bonchev–Trinajstić information content (AvgIpc) is 3.06. The molecule has 8 nitrogen and oxygen atoms in total. The summed E-state index contributed by atoms with van der Waals surface area (Å²) in [5.41, 5.74) is 7.83. The SMILES string of the molecule is CNc1nn(-c2nc3ccccc3[nH]2)c(N)c1C(=O)OC. The van der Waals surface area contributed by atoms with Crippen LogP contribution in [0.1, 0.15) is 10.4 Å². The van der Waals surface area contributed by atoms with Crippen LogP contribution in [0.5, 0.6) is 0 Å². The van der Waals surface area contributed by atoms with Crippen LogP contribution in [0, 0.1) is 0 Å². The summed E-state index contributed by atoms with van der Waals surface area (Å²) in [6, 6.07) is 7.55. The summed E-state index contributed by atoms with van der Waals surface area (Å²) in [5, 5.41) is 7.07. The van der Waals surface area contributed by atoms with Crippen LogP contribution in [0.25, 0.3) is 17.0 Å². The number of hydrogen-bond donors (Lipinski definition) is 3. The van der Waals surface area contributed by atoms with Gasteiger partial charge in [0, 0.05) is 7.05 Å². The lowest BCUT2D eigenvalue weighted by Gasteiger charge is -2.00. The van der Waals surface area contributed by atoms with E-state index in [0.29, 0.717) is 11.8 Å². The first-order valence-corrected chi connectivity index (χ1v) is 6.25. The molecule has 2 heterocycles. The molecule has 0 bridgehead atoms. The zero-order valence-corrected chi connectivity index (χ0v) is 11.5. The minimum Gasteiger partial charge on any atom is -0.465 e. The van der Waals surface area contributed by atoms with Crippen molar-refractivity contribution in [2.75, 3.05) is 25.2 Å². The molecule has 0 saturated heterocycles. The molecule has 0 radical (unpaired) electrons. The molecular formula is C13H14N6O2. The van der Waals surface area contributed by atoms with Gasteiger partial charge >= 0.3 is 5.97 Å². The second kappa shape index (κ2) is 4.82. The fraction of sp³-hybridized carbons (Fsp3) is 0.154. The van der Waals surface area contributed by atoms with E-state index in [1.54, 1.807) is 7.05 Å². The molecule has 3 rings (SSSR count). The van der Waals surface area contributed by atoms with E-state index in [1.807, 2.05) is 24.3 Å². The number of fused-ring (bicyclic) bond motifs is 1. The molecule has 0 aliphatic heterocycles. The van der Waals surface area contributed by atoms with Gasteiger partial charge in [0.2, 0.25) is 5.95 Å². The van der Waals surface area contributed by atoms with Crippen molar-refractivity contribution < 1.29 is 9.53 Å². The maximum atomic E-state index is 11.8. The number of aromatic nitrogens is 4. The minimum absolute atomic E-state index is 0.158. The number of hydrogen-bond acceptors (Lipinski definition) is 6. The Balaban J connectivity index is 2.18. The van der Waals surface area contributed by atoms with Gasteiger partial charge in [-0.25, -0.2) is 9.78 Å². The highest BCUT2D eigenvalue weighted by atomic mass is 16.5. The highest BCUT2D eigenvalue weighted by molar-refractivity contribution is 5.99. The molecule has 0 atom stereocenters. The van der Waals surface area contributed by atoms with Crippen LogP contribution in [0.3, 0.4) is 0 Å². The number of methoxy groups -OCH3 is 1. The maximum Gasteiger partial charge on any atom is 0.345 e. The predicted molar refractivity (Wildman–Crippen MR) is 78.5 cm³/mol. The lowest BCUT2D eigenvalue weighted by atomic mass is 10.3. The molecule has 21 heavy (non-hydrogen) atoms. The van der Waals surface area contributed by atoms with E-state index in [-0.39, 0.29) is 11.4 Å². The van der Waals surface area contributed by atoms with Crippen molar-refractivity contribution >= 4 is 28.6 Å². The summed E-state index contributed by atoms with van der Waals surface area (Å²) in [4.78, 5) is 19.3. The number of benzene rings is 1. The Kier molecular flexibility index (Phi) is 2.98. The number of nitrogens with zero attached hydrogens (tertiary/aromatic N) is 3. The first-order valence-electron chi connectivity index (χ1n) is 6.25. The first kappa shape index (κ1) is 13.0. The van der Waals surface area contributed by atoms with Crippen LogP contribution >= 0.6 is 0 Å². The predicted octanol–water partition coefficient (Wildman–Crippen LogP) is 1.16. The summed E-state index contributed by atoms with van der Waals surface area (Å²) in [6.45, 7) is 0. The number of nitrogens with two attached hydrogens (primary N) is 1. The number of rotatable bonds is 3. The number of carbonyl (C=O) groups excluding carboxylic acids is 1. The number of ether oxygens (including phenoxy) is 1. The van der Waals surface area contributed by atoms with E-state index in [4.69, 9.17) is 10.5 Å². The Morgan fingerprint density at radius 3 is 2.86 bits per heavy atom. The first-order chi connectivity index (χ1) is 10.2. The molecule has 3 aromatic rings. The third kappa shape index (κ3) is 1.97. The number of carbonyl (C=O) groups is 1. The van der Waals surface area contributed by atoms with E-state index in [1.165, 1.54) is 11.8 Å². The largest absolute Gasteiger partial charge is 0.465 e. The van der Waals surface area contributed by atoms with E-state index in [9.17, 15) is 4.79 Å². The number of anilines is 2. The van der Waals surface area contributed by atoms with Crippen molar-refractivity contribution in [3.05, 3.63) is 29.8 Å². The smallest absolute Gasteiger partial charge is 0.345 e. The number of para-hydroxylation sites is 2. The third-order valence-corrected chi connectivity index (χ3v) is 3.12. The topological polar surface area (TPSA) is 111 Å². The second-order valence-corrected chi connectivity index (χ2v) is 4.34. The molecule has 2 aromatic heterocycles. The van der Waals surface area contributed by atoms with E-state index < -0.39 is 5.97 Å². The van der Waals surface area contributed by atoms with Gasteiger partial charge in [0.15, 0.2) is 5.82 Å². The molecule has 1 aromatic carbocycles. The number of nitrogens with one attached hydrogen (secondary N) is 2. The van der Waals surface area contributed by atoms with Gasteiger partial charge in [0.05, 0.1) is 18.1 Å². The van der Waals surface area contributed by atoms with Gasteiger partial charge < -0.3 is 20.8 Å². The Hall–Kier alpha value is -3.03. The zero-order chi connectivity index (χ0) is 15.0. The molecular weight excluding hydrogens is 272 g/mol. The highest BCUT2D eigenvalue weighted by Crippen LogP contribution is 2.25. The van der Waals surface area contributed by atoms with Crippen LogP contribution < -0.4 is 11.1 Å². The van der Waals surface area contributed by atoms with Crippen molar-refractivity contribution in [1.29, 1.82) is 0 Å². The van der Waals surface area contributed by atoms with Crippen molar-refractivity contribution in [2.45, 2.75) is 0 Å². The Morgan fingerprint density at radius 1 is 1.43 bits per heavy atom. The molecule has 0 fully saturated rings. The molecule has 0 unspecified atom stereocenters. The summed E-state index contributed by atoms with van der Waals surface area (Å²) in [6.07, 6.45) is 0. The summed E-state index contributed by atoms with van der Waals surface area (Å²) in [5.74, 6) is 0.365. The van der Waals surface area contributed by atoms with Crippen molar-refractivity contribution in [1.82, 2.24) is 19.7 Å². The van der Waals surface area contributed by atoms with E-state index >= 15 is 0 Å². The molecule has 0 spiro atoms. The quantitative estimate of drug-likeness (QED) is 0.623. The van der Waals surface area contributed by atoms with Gasteiger partial charge in [0.25, 0.3) is 0 Å². The Bertz CT molecular complexity index is 786. The molecule has 0 saturated carbocycles. The van der Waals surface area contributed by atoms with Crippen LogP contribution in [0.15, 0.2) is 24.3 Å². The van der Waals surface area contributed by atoms with Gasteiger partial charge in [0.1, 0.15) is 11.4 Å². The summed E-state index contributed by atoms with van der Waals surface area (Å²) >= 11 is 0. The number of nitrogen functional groups attached to an aromatic ring is 1. The van der Waals surface area contributed by atoms with Gasteiger partial charge in [-0.2, -0.15) is 4.68 Å². The monoisotopic (exact) mass is 286 g/mol. The summed E-state index contributed by atoms with van der Waals surface area (Å²) < 4.78 is 6.10. The Labute approximate surface area is 119 Å². The van der Waals surface area contributed by atoms with Crippen molar-refractivity contribution in [2.24, 2.45) is 0 Å². The van der Waals surface area contributed by atoms with Crippen LogP contribution in [-0.2, 0) is 4.74 Å². The lowest BCUT2D eigenvalue weighted by Crippen LogP contribution is -2.08. The van der Waals surface area contributed by atoms with Gasteiger partial charge in [-0.15, -0.1) is 5.10 Å². The van der Waals surface area contributed by atoms with Gasteiger partial charge in [-0.05, 0) is 12.1 Å². The standard InChI is InChI=1S/C13H14N6O2/c1-15-11-9(12(20)21-2)10(14)19(18-11)13-16-7-5-3-4-6-8(7)17-13/h3-6H,14H2,1-2H3,(H,15,18)(H,16,17). The minimum atomic E-state index is -0.556. The van der Waals surface area contributed by atoms with Gasteiger partial charge in [-0.1, -0.05) is 12.1 Å². The molecule has 4 N–H and O–H groups in total. The number of esters is 1. The summed E-state index contributed by atoms with van der Waals surface area (Å²) in [7, 11) is 2.94. The van der Waals surface area contributed by atoms with Crippen LogP contribution in [0.2, 0.25) is 0 Å². The highest BCUT2D eigenvalue weighted by Gasteiger charge is 2.24. The normalized spacial score (nSPS) is 10.8. The third-order valence-electron chi connectivity index (χ3n) is 3.12.